The third-order valence-electron chi connectivity index (χ3n) is 3.17. The lowest BCUT2D eigenvalue weighted by Gasteiger charge is -2.09. The SMILES string of the molecule is NC(=O)Nc1cccc(CNC(=O)Cc2cccc(OC(F)F)c2)c1. The fourth-order valence-electron chi connectivity index (χ4n) is 2.18. The van der Waals surface area contributed by atoms with Gasteiger partial charge in [0.25, 0.3) is 0 Å². The molecule has 0 atom stereocenters. The van der Waals surface area contributed by atoms with Crippen molar-refractivity contribution in [1.29, 1.82) is 0 Å². The Morgan fingerprint density at radius 2 is 1.80 bits per heavy atom. The van der Waals surface area contributed by atoms with Crippen molar-refractivity contribution >= 4 is 17.6 Å². The van der Waals surface area contributed by atoms with E-state index in [0.29, 0.717) is 11.3 Å². The highest BCUT2D eigenvalue weighted by atomic mass is 19.3. The summed E-state index contributed by atoms with van der Waals surface area (Å²) >= 11 is 0. The second-order valence-electron chi connectivity index (χ2n) is 5.17. The molecule has 0 aromatic heterocycles. The number of carbonyl (C=O) groups is 2. The lowest BCUT2D eigenvalue weighted by atomic mass is 10.1. The molecule has 6 nitrogen and oxygen atoms in total. The molecule has 0 fully saturated rings. The topological polar surface area (TPSA) is 93.5 Å². The number of nitrogens with two attached hydrogens (primary N) is 1. The quantitative estimate of drug-likeness (QED) is 0.717. The van der Waals surface area contributed by atoms with Crippen LogP contribution in [0, 0.1) is 0 Å². The van der Waals surface area contributed by atoms with Crippen LogP contribution in [0.3, 0.4) is 0 Å². The molecule has 0 bridgehead atoms. The summed E-state index contributed by atoms with van der Waals surface area (Å²) in [5, 5.41) is 5.16. The van der Waals surface area contributed by atoms with E-state index in [1.54, 1.807) is 36.4 Å². The third kappa shape index (κ3) is 6.46. The Labute approximate surface area is 143 Å². The molecule has 0 saturated heterocycles. The fraction of sp³-hybridized carbons (Fsp3) is 0.176. The highest BCUT2D eigenvalue weighted by Gasteiger charge is 2.08. The Morgan fingerprint density at radius 3 is 2.52 bits per heavy atom. The van der Waals surface area contributed by atoms with Gasteiger partial charge in [0.2, 0.25) is 5.91 Å². The molecule has 2 rings (SSSR count). The molecule has 0 spiro atoms. The van der Waals surface area contributed by atoms with Crippen LogP contribution in [0.2, 0.25) is 0 Å². The lowest BCUT2D eigenvalue weighted by Crippen LogP contribution is -2.24. The number of alkyl halides is 2. The second-order valence-corrected chi connectivity index (χ2v) is 5.17. The number of primary amides is 1. The van der Waals surface area contributed by atoms with Crippen molar-refractivity contribution in [2.75, 3.05) is 5.32 Å². The van der Waals surface area contributed by atoms with Gasteiger partial charge < -0.3 is 21.1 Å². The van der Waals surface area contributed by atoms with E-state index in [4.69, 9.17) is 5.73 Å². The summed E-state index contributed by atoms with van der Waals surface area (Å²) in [5.41, 5.74) is 6.90. The van der Waals surface area contributed by atoms with Crippen molar-refractivity contribution < 1.29 is 23.1 Å². The van der Waals surface area contributed by atoms with Gasteiger partial charge >= 0.3 is 12.6 Å². The van der Waals surface area contributed by atoms with E-state index in [0.717, 1.165) is 5.56 Å². The van der Waals surface area contributed by atoms with Crippen LogP contribution in [0.5, 0.6) is 5.75 Å². The van der Waals surface area contributed by atoms with Crippen LogP contribution in [0.25, 0.3) is 0 Å². The number of urea groups is 1. The molecule has 4 N–H and O–H groups in total. The monoisotopic (exact) mass is 349 g/mol. The van der Waals surface area contributed by atoms with Gasteiger partial charge in [-0.05, 0) is 35.4 Å². The van der Waals surface area contributed by atoms with E-state index < -0.39 is 12.6 Å². The predicted octanol–water partition coefficient (Wildman–Crippen LogP) is 2.64. The Bertz CT molecular complexity index is 753. The first-order chi connectivity index (χ1) is 11.9. The van der Waals surface area contributed by atoms with Gasteiger partial charge in [-0.1, -0.05) is 24.3 Å². The van der Waals surface area contributed by atoms with Gasteiger partial charge in [-0.2, -0.15) is 8.78 Å². The maximum Gasteiger partial charge on any atom is 0.387 e. The number of hydrogen-bond acceptors (Lipinski definition) is 3. The van der Waals surface area contributed by atoms with Crippen LogP contribution in [-0.2, 0) is 17.8 Å². The molecular formula is C17H17F2N3O3. The van der Waals surface area contributed by atoms with E-state index in [9.17, 15) is 18.4 Å². The van der Waals surface area contributed by atoms with Crippen LogP contribution >= 0.6 is 0 Å². The maximum atomic E-state index is 12.2. The number of rotatable bonds is 7. The molecule has 0 unspecified atom stereocenters. The number of nitrogens with one attached hydrogen (secondary N) is 2. The van der Waals surface area contributed by atoms with Gasteiger partial charge in [-0.3, -0.25) is 4.79 Å². The molecule has 132 valence electrons. The molecular weight excluding hydrogens is 332 g/mol. The van der Waals surface area contributed by atoms with Crippen molar-refractivity contribution in [1.82, 2.24) is 5.32 Å². The average molecular weight is 349 g/mol. The van der Waals surface area contributed by atoms with Gasteiger partial charge in [-0.25, -0.2) is 4.79 Å². The largest absolute Gasteiger partial charge is 0.435 e. The number of anilines is 1. The zero-order valence-corrected chi connectivity index (χ0v) is 13.2. The van der Waals surface area contributed by atoms with Gasteiger partial charge in [0.1, 0.15) is 5.75 Å². The van der Waals surface area contributed by atoms with Gasteiger partial charge in [0.05, 0.1) is 6.42 Å². The molecule has 25 heavy (non-hydrogen) atoms. The summed E-state index contributed by atoms with van der Waals surface area (Å²) < 4.78 is 28.7. The van der Waals surface area contributed by atoms with Gasteiger partial charge in [0.15, 0.2) is 0 Å². The van der Waals surface area contributed by atoms with Crippen molar-refractivity contribution in [3.05, 3.63) is 59.7 Å². The summed E-state index contributed by atoms with van der Waals surface area (Å²) in [6.07, 6.45) is 0.0274. The van der Waals surface area contributed by atoms with Crippen LogP contribution in [0.4, 0.5) is 19.3 Å². The number of benzene rings is 2. The molecule has 8 heteroatoms. The van der Waals surface area contributed by atoms with Crippen LogP contribution in [0.1, 0.15) is 11.1 Å². The van der Waals surface area contributed by atoms with Crippen LogP contribution in [0.15, 0.2) is 48.5 Å². The summed E-state index contributed by atoms with van der Waals surface area (Å²) in [6, 6.07) is 12.2. The van der Waals surface area contributed by atoms with E-state index in [-0.39, 0.29) is 24.6 Å². The first kappa shape index (κ1) is 18.2. The zero-order valence-electron chi connectivity index (χ0n) is 13.2. The molecule has 0 aliphatic heterocycles. The lowest BCUT2D eigenvalue weighted by molar-refractivity contribution is -0.120. The fourth-order valence-corrected chi connectivity index (χ4v) is 2.18. The smallest absolute Gasteiger partial charge is 0.387 e. The summed E-state index contributed by atoms with van der Waals surface area (Å²) in [4.78, 5) is 22.8. The average Bonchev–Trinajstić information content (AvgIpc) is 2.52. The first-order valence-corrected chi connectivity index (χ1v) is 7.38. The Hall–Kier alpha value is -3.16. The predicted molar refractivity (Wildman–Crippen MR) is 88.3 cm³/mol. The number of ether oxygens (including phenoxy) is 1. The number of halogens is 2. The van der Waals surface area contributed by atoms with Gasteiger partial charge in [0, 0.05) is 12.2 Å². The molecule has 3 amide bonds. The first-order valence-electron chi connectivity index (χ1n) is 7.38. The van der Waals surface area contributed by atoms with E-state index in [2.05, 4.69) is 15.4 Å². The van der Waals surface area contributed by atoms with Crippen LogP contribution < -0.4 is 21.1 Å². The highest BCUT2D eigenvalue weighted by Crippen LogP contribution is 2.16. The zero-order chi connectivity index (χ0) is 18.2. The number of carbonyl (C=O) groups excluding carboxylic acids is 2. The molecule has 0 radical (unpaired) electrons. The maximum absolute atomic E-state index is 12.2. The normalized spacial score (nSPS) is 10.4. The number of hydrogen-bond donors (Lipinski definition) is 3. The summed E-state index contributed by atoms with van der Waals surface area (Å²) in [7, 11) is 0. The Morgan fingerprint density at radius 1 is 1.08 bits per heavy atom. The van der Waals surface area contributed by atoms with Gasteiger partial charge in [-0.15, -0.1) is 0 Å². The molecule has 2 aromatic carbocycles. The molecule has 0 aliphatic rings. The number of amides is 3. The van der Waals surface area contributed by atoms with E-state index in [1.165, 1.54) is 12.1 Å². The second kappa shape index (κ2) is 8.62. The minimum atomic E-state index is -2.91. The third-order valence-corrected chi connectivity index (χ3v) is 3.17. The minimum Gasteiger partial charge on any atom is -0.435 e. The molecule has 0 aliphatic carbocycles. The molecule has 0 saturated carbocycles. The van der Waals surface area contributed by atoms with Crippen molar-refractivity contribution in [3.8, 4) is 5.75 Å². The summed E-state index contributed by atoms with van der Waals surface area (Å²) in [6.45, 7) is -2.66. The molecule has 0 heterocycles. The molecule has 2 aromatic rings. The highest BCUT2D eigenvalue weighted by molar-refractivity contribution is 5.87. The van der Waals surface area contributed by atoms with Crippen molar-refractivity contribution in [3.63, 3.8) is 0 Å². The minimum absolute atomic E-state index is 0.00512. The van der Waals surface area contributed by atoms with E-state index in [1.807, 2.05) is 0 Å². The van der Waals surface area contributed by atoms with Crippen molar-refractivity contribution in [2.24, 2.45) is 5.73 Å². The summed E-state index contributed by atoms with van der Waals surface area (Å²) in [5.74, 6) is -0.270. The standard InChI is InChI=1S/C17H17F2N3O3/c18-16(19)25-14-6-2-3-11(8-14)9-15(23)21-10-12-4-1-5-13(7-12)22-17(20)24/h1-8,16H,9-10H2,(H,21,23)(H3,20,22,24). The van der Waals surface area contributed by atoms with E-state index >= 15 is 0 Å². The van der Waals surface area contributed by atoms with Crippen LogP contribution in [-0.4, -0.2) is 18.5 Å². The Kier molecular flexibility index (Phi) is 6.27. The Balaban J connectivity index is 1.89. The van der Waals surface area contributed by atoms with Crippen molar-refractivity contribution in [2.45, 2.75) is 19.6 Å².